The van der Waals surface area contributed by atoms with Crippen LogP contribution in [0.5, 0.6) is 0 Å². The van der Waals surface area contributed by atoms with E-state index in [1.54, 1.807) is 22.9 Å². The molecule has 0 N–H and O–H groups in total. The number of rotatable bonds is 1. The van der Waals surface area contributed by atoms with Crippen molar-refractivity contribution in [2.45, 2.75) is 18.9 Å². The number of carbonyl (C=O) groups excluding carboxylic acids is 1. The lowest BCUT2D eigenvalue weighted by atomic mass is 9.83. The Morgan fingerprint density at radius 1 is 1.26 bits per heavy atom. The summed E-state index contributed by atoms with van der Waals surface area (Å²) in [6.45, 7) is 2.05. The molecule has 23 heavy (non-hydrogen) atoms. The van der Waals surface area contributed by atoms with E-state index in [1.807, 2.05) is 28.6 Å². The molecule has 1 amide bonds. The molecule has 6 heteroatoms. The molecular formula is C17H18ClN3O2. The molecule has 4 heterocycles. The van der Waals surface area contributed by atoms with Gasteiger partial charge < -0.3 is 14.0 Å². The number of piperidine rings is 1. The molecule has 2 aromatic heterocycles. The van der Waals surface area contributed by atoms with Crippen molar-refractivity contribution in [2.75, 3.05) is 13.1 Å². The van der Waals surface area contributed by atoms with Gasteiger partial charge in [-0.15, -0.1) is 0 Å². The smallest absolute Gasteiger partial charge is 0.270 e. The zero-order chi connectivity index (χ0) is 16.1. The van der Waals surface area contributed by atoms with E-state index in [4.69, 9.17) is 11.6 Å². The Morgan fingerprint density at radius 2 is 2.09 bits per heavy atom. The van der Waals surface area contributed by atoms with Gasteiger partial charge in [0.25, 0.3) is 11.5 Å². The first-order chi connectivity index (χ1) is 11.0. The van der Waals surface area contributed by atoms with Crippen molar-refractivity contribution in [3.8, 4) is 0 Å². The van der Waals surface area contributed by atoms with Gasteiger partial charge in [0.1, 0.15) is 5.69 Å². The van der Waals surface area contributed by atoms with Gasteiger partial charge >= 0.3 is 0 Å². The Hall–Kier alpha value is -2.01. The van der Waals surface area contributed by atoms with E-state index < -0.39 is 0 Å². The van der Waals surface area contributed by atoms with Gasteiger partial charge in [-0.2, -0.15) is 0 Å². The maximum Gasteiger partial charge on any atom is 0.270 e. The summed E-state index contributed by atoms with van der Waals surface area (Å²) in [6, 6.07) is 7.15. The first-order valence-corrected chi connectivity index (χ1v) is 8.21. The molecular weight excluding hydrogens is 314 g/mol. The fraction of sp³-hybridized carbons (Fsp3) is 0.412. The van der Waals surface area contributed by atoms with Crippen molar-refractivity contribution < 1.29 is 4.79 Å². The molecule has 1 saturated heterocycles. The number of hydrogen-bond acceptors (Lipinski definition) is 2. The van der Waals surface area contributed by atoms with E-state index in [9.17, 15) is 9.59 Å². The standard InChI is InChI=1S/C17H18ClN3O2/c1-19-10-13(18)6-15(19)17(23)20-7-11-5-12(9-20)14-3-2-4-16(22)21(14)8-11/h2-4,6,10-12H,5,7-9H2,1H3/t11-,12+/m0/s1. The van der Waals surface area contributed by atoms with Crippen LogP contribution in [0.25, 0.3) is 0 Å². The van der Waals surface area contributed by atoms with Crippen LogP contribution in [0.4, 0.5) is 0 Å². The van der Waals surface area contributed by atoms with Gasteiger partial charge in [0.15, 0.2) is 0 Å². The Bertz CT molecular complexity index is 839. The van der Waals surface area contributed by atoms with Crippen molar-refractivity contribution in [1.82, 2.24) is 14.0 Å². The molecule has 2 aliphatic heterocycles. The number of pyridine rings is 1. The average molecular weight is 332 g/mol. The predicted molar refractivity (Wildman–Crippen MR) is 87.9 cm³/mol. The molecule has 5 nitrogen and oxygen atoms in total. The number of aryl methyl sites for hydroxylation is 1. The van der Waals surface area contributed by atoms with Crippen molar-refractivity contribution in [3.05, 3.63) is 57.2 Å². The van der Waals surface area contributed by atoms with Crippen LogP contribution >= 0.6 is 11.6 Å². The van der Waals surface area contributed by atoms with Crippen LogP contribution < -0.4 is 5.56 Å². The molecule has 0 aliphatic carbocycles. The highest BCUT2D eigenvalue weighted by Crippen LogP contribution is 2.35. The summed E-state index contributed by atoms with van der Waals surface area (Å²) in [5.41, 5.74) is 1.72. The highest BCUT2D eigenvalue weighted by molar-refractivity contribution is 6.31. The summed E-state index contributed by atoms with van der Waals surface area (Å²) in [5.74, 6) is 0.581. The molecule has 4 rings (SSSR count). The van der Waals surface area contributed by atoms with Crippen LogP contribution in [0.2, 0.25) is 5.02 Å². The van der Waals surface area contributed by atoms with Crippen molar-refractivity contribution in [1.29, 1.82) is 0 Å². The fourth-order valence-corrected chi connectivity index (χ4v) is 4.21. The Balaban J connectivity index is 1.65. The zero-order valence-corrected chi connectivity index (χ0v) is 13.7. The van der Waals surface area contributed by atoms with Gasteiger partial charge in [0.05, 0.1) is 5.02 Å². The van der Waals surface area contributed by atoms with Gasteiger partial charge in [0, 0.05) is 50.6 Å². The summed E-state index contributed by atoms with van der Waals surface area (Å²) in [4.78, 5) is 26.8. The summed E-state index contributed by atoms with van der Waals surface area (Å²) in [6.07, 6.45) is 2.79. The minimum atomic E-state index is 0.0147. The quantitative estimate of drug-likeness (QED) is 0.803. The van der Waals surface area contributed by atoms with Crippen LogP contribution in [-0.4, -0.2) is 33.0 Å². The van der Waals surface area contributed by atoms with E-state index >= 15 is 0 Å². The summed E-state index contributed by atoms with van der Waals surface area (Å²) >= 11 is 6.00. The lowest BCUT2D eigenvalue weighted by Gasteiger charge is -2.42. The van der Waals surface area contributed by atoms with Crippen molar-refractivity contribution in [3.63, 3.8) is 0 Å². The lowest BCUT2D eigenvalue weighted by Crippen LogP contribution is -2.49. The summed E-state index contributed by atoms with van der Waals surface area (Å²) in [5, 5.41) is 0.574. The number of hydrogen-bond donors (Lipinski definition) is 0. The monoisotopic (exact) mass is 331 g/mol. The van der Waals surface area contributed by atoms with Gasteiger partial charge in [-0.05, 0) is 24.5 Å². The Kier molecular flexibility index (Phi) is 3.34. The molecule has 120 valence electrons. The topological polar surface area (TPSA) is 47.2 Å². The van der Waals surface area contributed by atoms with E-state index in [1.165, 1.54) is 0 Å². The van der Waals surface area contributed by atoms with Crippen LogP contribution in [0.1, 0.15) is 28.5 Å². The second kappa shape index (κ2) is 5.27. The second-order valence-corrected chi connectivity index (χ2v) is 7.00. The lowest BCUT2D eigenvalue weighted by molar-refractivity contribution is 0.0585. The fourth-order valence-electron chi connectivity index (χ4n) is 3.96. The van der Waals surface area contributed by atoms with Gasteiger partial charge in [-0.25, -0.2) is 0 Å². The minimum absolute atomic E-state index is 0.0147. The summed E-state index contributed by atoms with van der Waals surface area (Å²) in [7, 11) is 1.83. The predicted octanol–water partition coefficient (Wildman–Crippen LogP) is 2.10. The van der Waals surface area contributed by atoms with E-state index in [-0.39, 0.29) is 17.4 Å². The molecule has 2 aromatic rings. The number of aromatic nitrogens is 2. The third kappa shape index (κ3) is 2.39. The Labute approximate surface area is 139 Å². The van der Waals surface area contributed by atoms with Crippen LogP contribution in [-0.2, 0) is 13.6 Å². The number of amides is 1. The average Bonchev–Trinajstić information content (AvgIpc) is 2.86. The van der Waals surface area contributed by atoms with E-state index in [0.29, 0.717) is 36.3 Å². The van der Waals surface area contributed by atoms with Gasteiger partial charge in [-0.3, -0.25) is 9.59 Å². The van der Waals surface area contributed by atoms with Crippen molar-refractivity contribution >= 4 is 17.5 Å². The maximum atomic E-state index is 12.8. The Morgan fingerprint density at radius 3 is 2.83 bits per heavy atom. The third-order valence-electron chi connectivity index (χ3n) is 4.96. The highest BCUT2D eigenvalue weighted by Gasteiger charge is 2.36. The number of fused-ring (bicyclic) bond motifs is 4. The molecule has 2 bridgehead atoms. The van der Waals surface area contributed by atoms with Crippen molar-refractivity contribution in [2.24, 2.45) is 13.0 Å². The molecule has 0 aromatic carbocycles. The zero-order valence-electron chi connectivity index (χ0n) is 12.9. The number of likely N-dealkylation sites (tertiary alicyclic amines) is 1. The third-order valence-corrected chi connectivity index (χ3v) is 5.16. The summed E-state index contributed by atoms with van der Waals surface area (Å²) < 4.78 is 3.65. The molecule has 0 unspecified atom stereocenters. The molecule has 0 saturated carbocycles. The second-order valence-electron chi connectivity index (χ2n) is 6.56. The van der Waals surface area contributed by atoms with Crippen LogP contribution in [0.15, 0.2) is 35.3 Å². The minimum Gasteiger partial charge on any atom is -0.345 e. The van der Waals surface area contributed by atoms with Gasteiger partial charge in [0.2, 0.25) is 0 Å². The normalized spacial score (nSPS) is 22.8. The first-order valence-electron chi connectivity index (χ1n) is 7.84. The molecule has 1 fully saturated rings. The molecule has 2 aliphatic rings. The van der Waals surface area contributed by atoms with Crippen LogP contribution in [0, 0.1) is 5.92 Å². The molecule has 2 atom stereocenters. The molecule has 0 spiro atoms. The SMILES string of the molecule is Cn1cc(Cl)cc1C(=O)N1C[C@@H]2C[C@H](C1)c1cccc(=O)n1C2. The maximum absolute atomic E-state index is 12.8. The van der Waals surface area contributed by atoms with E-state index in [0.717, 1.165) is 12.1 Å². The highest BCUT2D eigenvalue weighted by atomic mass is 35.5. The number of halogens is 1. The van der Waals surface area contributed by atoms with Crippen LogP contribution in [0.3, 0.4) is 0 Å². The van der Waals surface area contributed by atoms with Gasteiger partial charge in [-0.1, -0.05) is 17.7 Å². The first kappa shape index (κ1) is 14.6. The number of carbonyl (C=O) groups is 1. The molecule has 0 radical (unpaired) electrons. The number of nitrogens with zero attached hydrogens (tertiary/aromatic N) is 3. The van der Waals surface area contributed by atoms with E-state index in [2.05, 4.69) is 0 Å². The largest absolute Gasteiger partial charge is 0.345 e.